The van der Waals surface area contributed by atoms with Crippen molar-refractivity contribution in [2.24, 2.45) is 4.99 Å². The molecule has 36 heavy (non-hydrogen) atoms. The summed E-state index contributed by atoms with van der Waals surface area (Å²) in [5.41, 5.74) is 6.62. The maximum absolute atomic E-state index is 14.0. The van der Waals surface area contributed by atoms with Crippen LogP contribution >= 0.6 is 43.2 Å². The summed E-state index contributed by atoms with van der Waals surface area (Å²) in [6, 6.07) is 22.5. The molecule has 1 aliphatic heterocycles. The van der Waals surface area contributed by atoms with Gasteiger partial charge < -0.3 is 4.74 Å². The summed E-state index contributed by atoms with van der Waals surface area (Å²) in [5.74, 6) is 0.722. The minimum atomic E-state index is -0.173. The molecule has 0 amide bonds. The zero-order valence-corrected chi connectivity index (χ0v) is 23.5. The number of thiazole rings is 1. The van der Waals surface area contributed by atoms with Crippen LogP contribution < -0.4 is 19.6 Å². The minimum Gasteiger partial charge on any atom is -0.492 e. The molecular formula is C29H22Br2N2O2S. The van der Waals surface area contributed by atoms with Gasteiger partial charge in [0.05, 0.1) is 27.4 Å². The van der Waals surface area contributed by atoms with Crippen molar-refractivity contribution in [2.75, 3.05) is 6.61 Å². The molecule has 0 unspecified atom stereocenters. The number of allylic oxidation sites excluding steroid dienone is 1. The minimum absolute atomic E-state index is 0.0310. The third-order valence-corrected chi connectivity index (χ3v) is 8.63. The van der Waals surface area contributed by atoms with Gasteiger partial charge in [-0.25, -0.2) is 4.99 Å². The Morgan fingerprint density at radius 2 is 1.86 bits per heavy atom. The summed E-state index contributed by atoms with van der Waals surface area (Å²) in [5, 5.41) is 0. The maximum atomic E-state index is 14.0. The number of hydrogen-bond donors (Lipinski definition) is 0. The second-order valence-electron chi connectivity index (χ2n) is 8.76. The second kappa shape index (κ2) is 9.61. The van der Waals surface area contributed by atoms with E-state index >= 15 is 0 Å². The molecule has 0 fully saturated rings. The number of ether oxygens (including phenoxy) is 1. The highest BCUT2D eigenvalue weighted by molar-refractivity contribution is 9.11. The van der Waals surface area contributed by atoms with E-state index in [0.717, 1.165) is 49.2 Å². The lowest BCUT2D eigenvalue weighted by atomic mass is 9.83. The number of fused-ring (bicyclic) bond motifs is 3. The van der Waals surface area contributed by atoms with E-state index in [9.17, 15) is 4.79 Å². The van der Waals surface area contributed by atoms with Crippen molar-refractivity contribution < 1.29 is 4.74 Å². The Morgan fingerprint density at radius 3 is 2.67 bits per heavy atom. The SMILES string of the molecule is CCOc1c(Br)cc(Br)cc1/C=c1/sc2n(c1=O)[C@H](c1ccccc1)C1=C(N=2)c2ccccc2CC1. The van der Waals surface area contributed by atoms with Crippen LogP contribution in [0.1, 0.15) is 41.6 Å². The van der Waals surface area contributed by atoms with Crippen LogP contribution in [0.3, 0.4) is 0 Å². The Balaban J connectivity index is 1.62. The largest absolute Gasteiger partial charge is 0.492 e. The van der Waals surface area contributed by atoms with Gasteiger partial charge in [0, 0.05) is 15.6 Å². The van der Waals surface area contributed by atoms with Crippen molar-refractivity contribution in [2.45, 2.75) is 25.8 Å². The van der Waals surface area contributed by atoms with E-state index in [1.807, 2.05) is 47.9 Å². The number of halogens is 2. The van der Waals surface area contributed by atoms with Crippen LogP contribution in [0.25, 0.3) is 11.8 Å². The van der Waals surface area contributed by atoms with Crippen molar-refractivity contribution >= 4 is 55.0 Å². The summed E-state index contributed by atoms with van der Waals surface area (Å²) in [4.78, 5) is 19.8. The fourth-order valence-corrected chi connectivity index (χ4v) is 7.45. The van der Waals surface area contributed by atoms with Gasteiger partial charge in [-0.05, 0) is 70.6 Å². The van der Waals surface area contributed by atoms with Gasteiger partial charge in [0.2, 0.25) is 0 Å². The normalized spacial score (nSPS) is 16.8. The second-order valence-corrected chi connectivity index (χ2v) is 11.5. The summed E-state index contributed by atoms with van der Waals surface area (Å²) in [6.45, 7) is 2.48. The van der Waals surface area contributed by atoms with Crippen molar-refractivity contribution in [3.63, 3.8) is 0 Å². The van der Waals surface area contributed by atoms with E-state index in [2.05, 4.69) is 68.3 Å². The summed E-state index contributed by atoms with van der Waals surface area (Å²) >= 11 is 8.61. The summed E-state index contributed by atoms with van der Waals surface area (Å²) < 4.78 is 10.2. The van der Waals surface area contributed by atoms with Crippen LogP contribution in [-0.2, 0) is 6.42 Å². The highest BCUT2D eigenvalue weighted by Gasteiger charge is 2.32. The van der Waals surface area contributed by atoms with E-state index in [0.29, 0.717) is 11.1 Å². The van der Waals surface area contributed by atoms with E-state index in [1.165, 1.54) is 28.0 Å². The molecule has 1 aromatic heterocycles. The lowest BCUT2D eigenvalue weighted by molar-refractivity contribution is 0.337. The summed E-state index contributed by atoms with van der Waals surface area (Å²) in [7, 11) is 0. The molecule has 0 N–H and O–H groups in total. The third kappa shape index (κ3) is 4.03. The molecule has 4 nitrogen and oxygen atoms in total. The topological polar surface area (TPSA) is 43.6 Å². The maximum Gasteiger partial charge on any atom is 0.271 e. The van der Waals surface area contributed by atoms with Crippen LogP contribution in [0.5, 0.6) is 5.75 Å². The molecule has 1 atom stereocenters. The van der Waals surface area contributed by atoms with Crippen LogP contribution in [0.2, 0.25) is 0 Å². The molecule has 2 heterocycles. The highest BCUT2D eigenvalue weighted by atomic mass is 79.9. The first kappa shape index (κ1) is 23.6. The van der Waals surface area contributed by atoms with Gasteiger partial charge in [-0.2, -0.15) is 0 Å². The molecule has 1 aliphatic carbocycles. The first-order valence-electron chi connectivity index (χ1n) is 11.8. The molecule has 0 radical (unpaired) electrons. The molecule has 0 bridgehead atoms. The molecule has 7 heteroatoms. The Hall–Kier alpha value is -2.74. The fraction of sp³-hybridized carbons (Fsp3) is 0.172. The van der Waals surface area contributed by atoms with Crippen molar-refractivity contribution in [1.82, 2.24) is 4.57 Å². The van der Waals surface area contributed by atoms with Crippen molar-refractivity contribution in [3.8, 4) is 5.75 Å². The van der Waals surface area contributed by atoms with E-state index < -0.39 is 0 Å². The average molecular weight is 622 g/mol. The lowest BCUT2D eigenvalue weighted by Crippen LogP contribution is -2.38. The number of rotatable bonds is 4. The molecule has 2 aliphatic rings. The van der Waals surface area contributed by atoms with Gasteiger partial charge in [-0.3, -0.25) is 9.36 Å². The predicted octanol–water partition coefficient (Wildman–Crippen LogP) is 6.24. The molecule has 3 aromatic carbocycles. The number of hydrogen-bond acceptors (Lipinski definition) is 4. The van der Waals surface area contributed by atoms with Crippen LogP contribution in [0.4, 0.5) is 0 Å². The third-order valence-electron chi connectivity index (χ3n) is 6.60. The standard InChI is InChI=1S/C29H22Br2N2O2S/c1-2-35-27-19(14-20(30)16-23(27)31)15-24-28(34)33-26(18-9-4-3-5-10-18)22-13-12-17-8-6-7-11-21(17)25(22)32-29(33)36-24/h3-11,14-16,26H,2,12-13H2,1H3/b24-15+/t26-/m1/s1. The van der Waals surface area contributed by atoms with Gasteiger partial charge in [-0.15, -0.1) is 0 Å². The molecule has 6 rings (SSSR count). The molecule has 180 valence electrons. The highest BCUT2D eigenvalue weighted by Crippen LogP contribution is 2.41. The Kier molecular flexibility index (Phi) is 6.32. The van der Waals surface area contributed by atoms with Crippen LogP contribution in [-0.4, -0.2) is 11.2 Å². The number of benzene rings is 3. The summed E-state index contributed by atoms with van der Waals surface area (Å²) in [6.07, 6.45) is 3.75. The van der Waals surface area contributed by atoms with Crippen molar-refractivity contribution in [1.29, 1.82) is 0 Å². The van der Waals surface area contributed by atoms with Gasteiger partial charge in [0.15, 0.2) is 4.80 Å². The quantitative estimate of drug-likeness (QED) is 0.271. The average Bonchev–Trinajstić information content (AvgIpc) is 3.19. The Morgan fingerprint density at radius 1 is 1.08 bits per heavy atom. The molecule has 0 saturated carbocycles. The molecule has 4 aromatic rings. The zero-order chi connectivity index (χ0) is 24.8. The Bertz CT molecular complexity index is 1700. The fourth-order valence-electron chi connectivity index (χ4n) is 5.08. The molecule has 0 saturated heterocycles. The Labute approximate surface area is 229 Å². The molecule has 0 spiro atoms. The predicted molar refractivity (Wildman–Crippen MR) is 152 cm³/mol. The number of aryl methyl sites for hydroxylation is 1. The number of aromatic nitrogens is 1. The lowest BCUT2D eigenvalue weighted by Gasteiger charge is -2.30. The monoisotopic (exact) mass is 620 g/mol. The first-order chi connectivity index (χ1) is 17.5. The van der Waals surface area contributed by atoms with Gasteiger partial charge in [0.1, 0.15) is 5.75 Å². The van der Waals surface area contributed by atoms with E-state index in [-0.39, 0.29) is 11.6 Å². The zero-order valence-electron chi connectivity index (χ0n) is 19.5. The van der Waals surface area contributed by atoms with E-state index in [1.54, 1.807) is 0 Å². The van der Waals surface area contributed by atoms with Gasteiger partial charge in [0.25, 0.3) is 5.56 Å². The van der Waals surface area contributed by atoms with E-state index in [4.69, 9.17) is 9.73 Å². The number of nitrogens with zero attached hydrogens (tertiary/aromatic N) is 2. The van der Waals surface area contributed by atoms with Crippen molar-refractivity contribution in [3.05, 3.63) is 123 Å². The van der Waals surface area contributed by atoms with Gasteiger partial charge >= 0.3 is 0 Å². The van der Waals surface area contributed by atoms with Crippen LogP contribution in [0.15, 0.2) is 91.0 Å². The van der Waals surface area contributed by atoms with Crippen LogP contribution in [0, 0.1) is 0 Å². The first-order valence-corrected chi connectivity index (χ1v) is 14.2. The van der Waals surface area contributed by atoms with Gasteiger partial charge in [-0.1, -0.05) is 81.9 Å². The molecular weight excluding hydrogens is 600 g/mol. The smallest absolute Gasteiger partial charge is 0.271 e.